The SMILES string of the molecule is CCC[NH+](Cc1nnc(-c2cccs2)o1)Cc1cc(=O)oc2cc(CC)ccc12. The zero-order valence-corrected chi connectivity index (χ0v) is 17.4. The molecule has 1 unspecified atom stereocenters. The molecule has 0 fully saturated rings. The zero-order valence-electron chi connectivity index (χ0n) is 16.6. The van der Waals surface area contributed by atoms with Gasteiger partial charge in [-0.1, -0.05) is 32.0 Å². The van der Waals surface area contributed by atoms with Gasteiger partial charge in [0.25, 0.3) is 11.8 Å². The van der Waals surface area contributed by atoms with Crippen LogP contribution in [0.1, 0.15) is 37.3 Å². The topological polar surface area (TPSA) is 73.6 Å². The van der Waals surface area contributed by atoms with Crippen molar-refractivity contribution in [1.82, 2.24) is 10.2 Å². The quantitative estimate of drug-likeness (QED) is 0.450. The smallest absolute Gasteiger partial charge is 0.336 e. The second-order valence-corrected chi connectivity index (χ2v) is 8.05. The number of quaternary nitrogens is 1. The fourth-order valence-corrected chi connectivity index (χ4v) is 4.19. The Morgan fingerprint density at radius 2 is 1.97 bits per heavy atom. The Morgan fingerprint density at radius 3 is 2.72 bits per heavy atom. The molecule has 0 aliphatic rings. The molecular formula is C22H24N3O3S+. The van der Waals surface area contributed by atoms with Gasteiger partial charge in [-0.25, -0.2) is 4.79 Å². The summed E-state index contributed by atoms with van der Waals surface area (Å²) in [6.45, 7) is 6.48. The lowest BCUT2D eigenvalue weighted by Gasteiger charge is -2.18. The minimum Gasteiger partial charge on any atom is -0.423 e. The first kappa shape index (κ1) is 19.5. The highest BCUT2D eigenvalue weighted by Crippen LogP contribution is 2.23. The minimum absolute atomic E-state index is 0.311. The van der Waals surface area contributed by atoms with Gasteiger partial charge in [-0.05, 0) is 35.9 Å². The molecule has 4 aromatic rings. The first-order valence-corrected chi connectivity index (χ1v) is 10.8. The molecular weight excluding hydrogens is 386 g/mol. The van der Waals surface area contributed by atoms with E-state index in [1.165, 1.54) is 4.90 Å². The predicted octanol–water partition coefficient (Wildman–Crippen LogP) is 3.46. The summed E-state index contributed by atoms with van der Waals surface area (Å²) in [7, 11) is 0. The van der Waals surface area contributed by atoms with Crippen molar-refractivity contribution in [3.05, 3.63) is 69.2 Å². The van der Waals surface area contributed by atoms with Gasteiger partial charge in [-0.2, -0.15) is 0 Å². The van der Waals surface area contributed by atoms with Crippen LogP contribution in [0.5, 0.6) is 0 Å². The van der Waals surface area contributed by atoms with Crippen molar-refractivity contribution in [3.63, 3.8) is 0 Å². The number of rotatable bonds is 8. The Hall–Kier alpha value is -2.77. The van der Waals surface area contributed by atoms with Crippen LogP contribution in [0.2, 0.25) is 0 Å². The van der Waals surface area contributed by atoms with Crippen LogP contribution >= 0.6 is 11.3 Å². The number of thiophene rings is 1. The summed E-state index contributed by atoms with van der Waals surface area (Å²) in [6, 6.07) is 11.7. The largest absolute Gasteiger partial charge is 0.423 e. The second-order valence-electron chi connectivity index (χ2n) is 7.11. The van der Waals surface area contributed by atoms with Crippen LogP contribution in [0.4, 0.5) is 0 Å². The van der Waals surface area contributed by atoms with Crippen molar-refractivity contribution in [2.45, 2.75) is 39.8 Å². The van der Waals surface area contributed by atoms with Gasteiger partial charge in [-0.3, -0.25) is 0 Å². The van der Waals surface area contributed by atoms with Crippen molar-refractivity contribution in [2.24, 2.45) is 0 Å². The van der Waals surface area contributed by atoms with E-state index in [-0.39, 0.29) is 5.63 Å². The maximum Gasteiger partial charge on any atom is 0.336 e. The van der Waals surface area contributed by atoms with Gasteiger partial charge in [-0.15, -0.1) is 21.5 Å². The summed E-state index contributed by atoms with van der Waals surface area (Å²) in [4.78, 5) is 14.4. The van der Waals surface area contributed by atoms with E-state index in [1.54, 1.807) is 17.4 Å². The van der Waals surface area contributed by atoms with Crippen LogP contribution in [0.3, 0.4) is 0 Å². The third kappa shape index (κ3) is 4.46. The molecule has 0 bridgehead atoms. The van der Waals surface area contributed by atoms with E-state index in [2.05, 4.69) is 36.2 Å². The van der Waals surface area contributed by atoms with Gasteiger partial charge in [0.1, 0.15) is 12.1 Å². The van der Waals surface area contributed by atoms with Crippen molar-refractivity contribution in [1.29, 1.82) is 0 Å². The molecule has 0 radical (unpaired) electrons. The van der Waals surface area contributed by atoms with Gasteiger partial charge < -0.3 is 13.7 Å². The summed E-state index contributed by atoms with van der Waals surface area (Å²) in [5.74, 6) is 1.17. The van der Waals surface area contributed by atoms with Crippen molar-refractivity contribution >= 4 is 22.3 Å². The van der Waals surface area contributed by atoms with Gasteiger partial charge in [0.2, 0.25) is 0 Å². The molecule has 0 aliphatic carbocycles. The molecule has 150 valence electrons. The summed E-state index contributed by atoms with van der Waals surface area (Å²) in [6.07, 6.45) is 1.92. The number of benzene rings is 1. The monoisotopic (exact) mass is 410 g/mol. The molecule has 29 heavy (non-hydrogen) atoms. The fraction of sp³-hybridized carbons (Fsp3) is 0.318. The van der Waals surface area contributed by atoms with E-state index in [0.29, 0.717) is 30.5 Å². The van der Waals surface area contributed by atoms with Crippen LogP contribution in [0, 0.1) is 0 Å². The van der Waals surface area contributed by atoms with Crippen molar-refractivity contribution in [3.8, 4) is 10.8 Å². The summed E-state index contributed by atoms with van der Waals surface area (Å²) in [5, 5.41) is 11.4. The number of hydrogen-bond donors (Lipinski definition) is 1. The number of aryl methyl sites for hydroxylation is 1. The highest BCUT2D eigenvalue weighted by molar-refractivity contribution is 7.13. The van der Waals surface area contributed by atoms with Crippen LogP contribution in [-0.4, -0.2) is 16.7 Å². The Balaban J connectivity index is 1.59. The lowest BCUT2D eigenvalue weighted by atomic mass is 10.1. The van der Waals surface area contributed by atoms with Crippen LogP contribution < -0.4 is 10.5 Å². The molecule has 0 amide bonds. The van der Waals surface area contributed by atoms with Gasteiger partial charge in [0.15, 0.2) is 6.54 Å². The highest BCUT2D eigenvalue weighted by atomic mass is 32.1. The van der Waals surface area contributed by atoms with E-state index < -0.39 is 0 Å². The maximum absolute atomic E-state index is 12.1. The minimum atomic E-state index is -0.311. The number of hydrogen-bond acceptors (Lipinski definition) is 6. The number of fused-ring (bicyclic) bond motifs is 1. The van der Waals surface area contributed by atoms with E-state index >= 15 is 0 Å². The number of nitrogens with one attached hydrogen (secondary N) is 1. The lowest BCUT2D eigenvalue weighted by Crippen LogP contribution is -3.09. The lowest BCUT2D eigenvalue weighted by molar-refractivity contribution is -0.928. The summed E-state index contributed by atoms with van der Waals surface area (Å²) >= 11 is 1.58. The first-order chi connectivity index (χ1) is 14.2. The predicted molar refractivity (Wildman–Crippen MR) is 113 cm³/mol. The average molecular weight is 411 g/mol. The number of nitrogens with zero attached hydrogens (tertiary/aromatic N) is 2. The van der Waals surface area contributed by atoms with E-state index in [4.69, 9.17) is 8.83 Å². The van der Waals surface area contributed by atoms with Gasteiger partial charge in [0.05, 0.1) is 11.4 Å². The van der Waals surface area contributed by atoms with Crippen molar-refractivity contribution in [2.75, 3.05) is 6.54 Å². The molecule has 1 N–H and O–H groups in total. The Morgan fingerprint density at radius 1 is 1.07 bits per heavy atom. The third-order valence-corrected chi connectivity index (χ3v) is 5.80. The molecule has 0 aliphatic heterocycles. The molecule has 6 nitrogen and oxygen atoms in total. The first-order valence-electron chi connectivity index (χ1n) is 9.91. The van der Waals surface area contributed by atoms with Crippen LogP contribution in [0.25, 0.3) is 21.7 Å². The summed E-state index contributed by atoms with van der Waals surface area (Å²) in [5.41, 5.74) is 2.48. The molecule has 0 saturated carbocycles. The van der Waals surface area contributed by atoms with Gasteiger partial charge in [0, 0.05) is 17.0 Å². The van der Waals surface area contributed by atoms with Crippen LogP contribution in [-0.2, 0) is 19.5 Å². The Kier molecular flexibility index (Phi) is 5.87. The van der Waals surface area contributed by atoms with E-state index in [0.717, 1.165) is 40.8 Å². The number of aromatic nitrogens is 2. The van der Waals surface area contributed by atoms with Crippen LogP contribution in [0.15, 0.2) is 55.4 Å². The average Bonchev–Trinajstić information content (AvgIpc) is 3.39. The highest BCUT2D eigenvalue weighted by Gasteiger charge is 2.18. The molecule has 3 aromatic heterocycles. The summed E-state index contributed by atoms with van der Waals surface area (Å²) < 4.78 is 11.3. The second kappa shape index (κ2) is 8.71. The molecule has 0 saturated heterocycles. The maximum atomic E-state index is 12.1. The third-order valence-electron chi connectivity index (χ3n) is 4.95. The molecule has 4 rings (SSSR count). The zero-order chi connectivity index (χ0) is 20.2. The molecule has 7 heteroatoms. The Bertz CT molecular complexity index is 1150. The normalized spacial score (nSPS) is 12.5. The Labute approximate surface area is 172 Å². The van der Waals surface area contributed by atoms with E-state index in [9.17, 15) is 4.79 Å². The van der Waals surface area contributed by atoms with Gasteiger partial charge >= 0.3 is 5.63 Å². The molecule has 1 aromatic carbocycles. The fourth-order valence-electron chi connectivity index (χ4n) is 3.54. The van der Waals surface area contributed by atoms with E-state index in [1.807, 2.05) is 23.6 Å². The molecule has 0 spiro atoms. The van der Waals surface area contributed by atoms with Crippen molar-refractivity contribution < 1.29 is 13.7 Å². The standard InChI is InChI=1S/C22H23N3O3S/c1-3-9-25(14-20-23-24-22(28-20)19-6-5-10-29-19)13-16-12-21(26)27-18-11-15(4-2)7-8-17(16)18/h5-8,10-12H,3-4,9,13-14H2,1-2H3/p+1. The molecule has 1 atom stereocenters. The molecule has 3 heterocycles.